The number of methoxy groups -OCH3 is 1. The molecule has 0 aromatic carbocycles. The number of nitrogens with zero attached hydrogens (tertiary/aromatic N) is 2. The summed E-state index contributed by atoms with van der Waals surface area (Å²) in [5, 5.41) is 4.69. The highest BCUT2D eigenvalue weighted by molar-refractivity contribution is 7.15. The van der Waals surface area contributed by atoms with Crippen molar-refractivity contribution < 1.29 is 4.74 Å². The second kappa shape index (κ2) is 7.56. The van der Waals surface area contributed by atoms with Gasteiger partial charge in [-0.25, -0.2) is 4.98 Å². The molecule has 1 fully saturated rings. The Morgan fingerprint density at radius 2 is 2.05 bits per heavy atom. The molecule has 0 amide bonds. The molecule has 1 N–H and O–H groups in total. The number of aromatic nitrogens is 1. The van der Waals surface area contributed by atoms with Crippen LogP contribution in [0.2, 0.25) is 0 Å². The summed E-state index contributed by atoms with van der Waals surface area (Å²) in [5.41, 5.74) is 1.34. The van der Waals surface area contributed by atoms with E-state index in [1.165, 1.54) is 23.4 Å². The molecule has 0 unspecified atom stereocenters. The van der Waals surface area contributed by atoms with Gasteiger partial charge in [-0.3, -0.25) is 0 Å². The number of nitrogens with one attached hydrogen (secondary N) is 1. The fourth-order valence-electron chi connectivity index (χ4n) is 2.34. The minimum Gasteiger partial charge on any atom is -0.383 e. The van der Waals surface area contributed by atoms with Crippen LogP contribution in [0.15, 0.2) is 0 Å². The monoisotopic (exact) mass is 311 g/mol. The summed E-state index contributed by atoms with van der Waals surface area (Å²) in [4.78, 5) is 8.75. The number of ether oxygens (including phenoxy) is 1. The van der Waals surface area contributed by atoms with Crippen molar-refractivity contribution in [2.75, 3.05) is 25.2 Å². The minimum absolute atomic E-state index is 0.448. The van der Waals surface area contributed by atoms with E-state index < -0.39 is 0 Å². The molecule has 0 aliphatic heterocycles. The molecule has 1 heterocycles. The average Bonchev–Trinajstić information content (AvgIpc) is 3.18. The largest absolute Gasteiger partial charge is 0.383 e. The Bertz CT molecular complexity index is 441. The van der Waals surface area contributed by atoms with Crippen LogP contribution in [0.1, 0.15) is 57.0 Å². The van der Waals surface area contributed by atoms with Gasteiger partial charge in [-0.15, -0.1) is 11.3 Å². The number of anilines is 1. The third-order valence-corrected chi connectivity index (χ3v) is 4.86. The van der Waals surface area contributed by atoms with Gasteiger partial charge in [0.1, 0.15) is 0 Å². The maximum absolute atomic E-state index is 5.24. The van der Waals surface area contributed by atoms with Gasteiger partial charge in [0.25, 0.3) is 0 Å². The Hall–Kier alpha value is -0.650. The van der Waals surface area contributed by atoms with Crippen molar-refractivity contribution in [3.63, 3.8) is 0 Å². The van der Waals surface area contributed by atoms with Crippen LogP contribution in [-0.4, -0.2) is 37.3 Å². The molecule has 0 saturated heterocycles. The minimum atomic E-state index is 0.448. The predicted molar refractivity (Wildman–Crippen MR) is 90.4 cm³/mol. The van der Waals surface area contributed by atoms with Crippen molar-refractivity contribution in [1.29, 1.82) is 0 Å². The quantitative estimate of drug-likeness (QED) is 0.758. The normalized spacial score (nSPS) is 15.2. The van der Waals surface area contributed by atoms with Crippen LogP contribution in [0.5, 0.6) is 0 Å². The maximum Gasteiger partial charge on any atom is 0.186 e. The highest BCUT2D eigenvalue weighted by Gasteiger charge is 2.30. The van der Waals surface area contributed by atoms with Gasteiger partial charge in [-0.2, -0.15) is 0 Å². The number of hydrogen-bond acceptors (Lipinski definition) is 5. The molecule has 21 heavy (non-hydrogen) atoms. The number of hydrogen-bond donors (Lipinski definition) is 1. The van der Waals surface area contributed by atoms with Gasteiger partial charge < -0.3 is 15.0 Å². The van der Waals surface area contributed by atoms with Crippen molar-refractivity contribution in [3.8, 4) is 0 Å². The Morgan fingerprint density at radius 3 is 2.57 bits per heavy atom. The third-order valence-electron chi connectivity index (χ3n) is 3.76. The molecule has 1 aromatic heterocycles. The van der Waals surface area contributed by atoms with E-state index in [4.69, 9.17) is 9.72 Å². The first-order valence-corrected chi connectivity index (χ1v) is 8.83. The molecule has 1 saturated carbocycles. The summed E-state index contributed by atoms with van der Waals surface area (Å²) < 4.78 is 5.24. The van der Waals surface area contributed by atoms with E-state index in [1.54, 1.807) is 7.11 Å². The molecule has 2 rings (SSSR count). The van der Waals surface area contributed by atoms with Gasteiger partial charge >= 0.3 is 0 Å². The molecule has 5 heteroatoms. The Labute approximate surface area is 132 Å². The van der Waals surface area contributed by atoms with E-state index in [9.17, 15) is 0 Å². The van der Waals surface area contributed by atoms with Crippen molar-refractivity contribution in [2.45, 2.75) is 65.1 Å². The van der Waals surface area contributed by atoms with Gasteiger partial charge in [-0.05, 0) is 26.7 Å². The molecule has 4 nitrogen and oxygen atoms in total. The van der Waals surface area contributed by atoms with Crippen molar-refractivity contribution in [2.24, 2.45) is 0 Å². The molecule has 1 aliphatic rings. The molecular formula is C16H29N3OS. The third kappa shape index (κ3) is 4.66. The highest BCUT2D eigenvalue weighted by Crippen LogP contribution is 2.44. The van der Waals surface area contributed by atoms with E-state index in [0.717, 1.165) is 24.8 Å². The van der Waals surface area contributed by atoms with Crippen LogP contribution in [0.25, 0.3) is 0 Å². The average molecular weight is 311 g/mol. The first-order chi connectivity index (χ1) is 10.0. The van der Waals surface area contributed by atoms with Gasteiger partial charge in [0, 0.05) is 43.1 Å². The lowest BCUT2D eigenvalue weighted by molar-refractivity contribution is 0.204. The van der Waals surface area contributed by atoms with E-state index in [0.29, 0.717) is 18.0 Å². The van der Waals surface area contributed by atoms with E-state index in [2.05, 4.69) is 37.9 Å². The zero-order valence-electron chi connectivity index (χ0n) is 14.0. The number of thiazole rings is 1. The molecule has 1 aliphatic carbocycles. The van der Waals surface area contributed by atoms with Gasteiger partial charge in [0.15, 0.2) is 5.13 Å². The summed E-state index contributed by atoms with van der Waals surface area (Å²) >= 11 is 1.85. The zero-order chi connectivity index (χ0) is 15.4. The van der Waals surface area contributed by atoms with Gasteiger partial charge in [-0.1, -0.05) is 13.8 Å². The first kappa shape index (κ1) is 16.7. The number of rotatable bonds is 9. The molecule has 0 spiro atoms. The van der Waals surface area contributed by atoms with Crippen LogP contribution in [0.3, 0.4) is 0 Å². The van der Waals surface area contributed by atoms with Crippen LogP contribution in [0, 0.1) is 0 Å². The Morgan fingerprint density at radius 1 is 1.33 bits per heavy atom. The van der Waals surface area contributed by atoms with Crippen LogP contribution >= 0.6 is 11.3 Å². The molecule has 1 aromatic rings. The second-order valence-electron chi connectivity index (χ2n) is 6.39. The maximum atomic E-state index is 5.24. The zero-order valence-corrected chi connectivity index (χ0v) is 14.8. The molecular weight excluding hydrogens is 282 g/mol. The standard InChI is InChI=1S/C16H29N3OS/c1-11(2)17-10-14-15(13-6-7-13)18-16(21-14)19(12(3)4)8-9-20-5/h11-13,17H,6-10H2,1-5H3. The molecule has 0 bridgehead atoms. The summed E-state index contributed by atoms with van der Waals surface area (Å²) in [5.74, 6) is 0.704. The van der Waals surface area contributed by atoms with Gasteiger partial charge in [0.2, 0.25) is 0 Å². The summed E-state index contributed by atoms with van der Waals surface area (Å²) in [7, 11) is 1.76. The van der Waals surface area contributed by atoms with E-state index >= 15 is 0 Å². The van der Waals surface area contributed by atoms with E-state index in [-0.39, 0.29) is 0 Å². The summed E-state index contributed by atoms with van der Waals surface area (Å²) in [6, 6.07) is 0.960. The van der Waals surface area contributed by atoms with Crippen LogP contribution < -0.4 is 10.2 Å². The fourth-order valence-corrected chi connectivity index (χ4v) is 3.59. The van der Waals surface area contributed by atoms with Crippen molar-refractivity contribution in [3.05, 3.63) is 10.6 Å². The second-order valence-corrected chi connectivity index (χ2v) is 7.46. The molecule has 0 atom stereocenters. The van der Waals surface area contributed by atoms with Crippen LogP contribution in [0.4, 0.5) is 5.13 Å². The summed E-state index contributed by atoms with van der Waals surface area (Å²) in [6.45, 7) is 11.4. The highest BCUT2D eigenvalue weighted by atomic mass is 32.1. The lowest BCUT2D eigenvalue weighted by Gasteiger charge is -2.25. The van der Waals surface area contributed by atoms with Gasteiger partial charge in [0.05, 0.1) is 12.3 Å². The van der Waals surface area contributed by atoms with Crippen molar-refractivity contribution >= 4 is 16.5 Å². The molecule has 120 valence electrons. The Kier molecular flexibility index (Phi) is 6.02. The van der Waals surface area contributed by atoms with Crippen LogP contribution in [-0.2, 0) is 11.3 Å². The lowest BCUT2D eigenvalue weighted by Crippen LogP contribution is -2.33. The summed E-state index contributed by atoms with van der Waals surface area (Å²) in [6.07, 6.45) is 2.61. The topological polar surface area (TPSA) is 37.4 Å². The SMILES string of the molecule is COCCN(c1nc(C2CC2)c(CNC(C)C)s1)C(C)C. The van der Waals surface area contributed by atoms with E-state index in [1.807, 2.05) is 11.3 Å². The first-order valence-electron chi connectivity index (χ1n) is 8.01. The predicted octanol–water partition coefficient (Wildman–Crippen LogP) is 3.38. The molecule has 0 radical (unpaired) electrons. The smallest absolute Gasteiger partial charge is 0.186 e. The Balaban J connectivity index is 2.16. The van der Waals surface area contributed by atoms with Crippen molar-refractivity contribution in [1.82, 2.24) is 10.3 Å². The fraction of sp³-hybridized carbons (Fsp3) is 0.812. The lowest BCUT2D eigenvalue weighted by atomic mass is 10.2.